The van der Waals surface area contributed by atoms with Gasteiger partial charge in [0.1, 0.15) is 5.75 Å². The molecule has 21 heavy (non-hydrogen) atoms. The number of methoxy groups -OCH3 is 1. The number of halogens is 1. The van der Waals surface area contributed by atoms with Gasteiger partial charge in [0.2, 0.25) is 5.91 Å². The zero-order valence-corrected chi connectivity index (χ0v) is 13.4. The predicted octanol–water partition coefficient (Wildman–Crippen LogP) is 2.66. The number of nitrogens with zero attached hydrogens (tertiary/aromatic N) is 1. The number of fused-ring (bicyclic) bond motifs is 1. The van der Waals surface area contributed by atoms with E-state index in [0.717, 1.165) is 41.9 Å². The minimum absolute atomic E-state index is 0. The molecule has 0 spiro atoms. The Labute approximate surface area is 133 Å². The van der Waals surface area contributed by atoms with Crippen LogP contribution in [0.5, 0.6) is 5.75 Å². The van der Waals surface area contributed by atoms with E-state index in [-0.39, 0.29) is 24.2 Å². The maximum Gasteiger partial charge on any atom is 0.230 e. The molecule has 1 aromatic heterocycles. The SMILES string of the molecule is COc1ccc2nc(NC(=O)C3CCCNC3)sc2c1.Cl. The van der Waals surface area contributed by atoms with Crippen LogP contribution < -0.4 is 15.4 Å². The number of carbonyl (C=O) groups excluding carboxylic acids is 1. The van der Waals surface area contributed by atoms with Crippen LogP contribution in [-0.2, 0) is 4.79 Å². The number of piperidine rings is 1. The average molecular weight is 328 g/mol. The summed E-state index contributed by atoms with van der Waals surface area (Å²) in [6.45, 7) is 1.76. The smallest absolute Gasteiger partial charge is 0.230 e. The second-order valence-electron chi connectivity index (χ2n) is 4.89. The van der Waals surface area contributed by atoms with Crippen LogP contribution in [0.1, 0.15) is 12.8 Å². The number of rotatable bonds is 3. The van der Waals surface area contributed by atoms with Crippen molar-refractivity contribution in [3.8, 4) is 5.75 Å². The Morgan fingerprint density at radius 1 is 1.52 bits per heavy atom. The fourth-order valence-corrected chi connectivity index (χ4v) is 3.27. The Bertz CT molecular complexity index is 626. The molecule has 1 saturated heterocycles. The van der Waals surface area contributed by atoms with Crippen molar-refractivity contribution in [2.24, 2.45) is 5.92 Å². The fourth-order valence-electron chi connectivity index (χ4n) is 2.37. The molecule has 7 heteroatoms. The minimum Gasteiger partial charge on any atom is -0.497 e. The molecule has 1 amide bonds. The summed E-state index contributed by atoms with van der Waals surface area (Å²) in [6, 6.07) is 5.71. The second kappa shape index (κ2) is 7.06. The molecule has 5 nitrogen and oxygen atoms in total. The van der Waals surface area contributed by atoms with Gasteiger partial charge in [0.05, 0.1) is 23.2 Å². The molecular formula is C14H18ClN3O2S. The highest BCUT2D eigenvalue weighted by Crippen LogP contribution is 2.29. The number of carbonyl (C=O) groups is 1. The number of nitrogens with one attached hydrogen (secondary N) is 2. The van der Waals surface area contributed by atoms with Gasteiger partial charge in [-0.2, -0.15) is 0 Å². The van der Waals surface area contributed by atoms with Gasteiger partial charge in [-0.3, -0.25) is 4.79 Å². The first kappa shape index (κ1) is 16.0. The largest absolute Gasteiger partial charge is 0.497 e. The fraction of sp³-hybridized carbons (Fsp3) is 0.429. The molecular weight excluding hydrogens is 310 g/mol. The minimum atomic E-state index is 0. The molecule has 1 fully saturated rings. The van der Waals surface area contributed by atoms with E-state index in [4.69, 9.17) is 4.74 Å². The van der Waals surface area contributed by atoms with Crippen LogP contribution in [0.4, 0.5) is 5.13 Å². The molecule has 1 aliphatic heterocycles. The summed E-state index contributed by atoms with van der Waals surface area (Å²) >= 11 is 1.48. The average Bonchev–Trinajstić information content (AvgIpc) is 2.89. The predicted molar refractivity (Wildman–Crippen MR) is 87.6 cm³/mol. The maximum atomic E-state index is 12.2. The van der Waals surface area contributed by atoms with Gasteiger partial charge in [0, 0.05) is 6.54 Å². The van der Waals surface area contributed by atoms with E-state index in [9.17, 15) is 4.79 Å². The first-order valence-corrected chi connectivity index (χ1v) is 7.54. The lowest BCUT2D eigenvalue weighted by molar-refractivity contribution is -0.120. The first-order chi connectivity index (χ1) is 9.76. The quantitative estimate of drug-likeness (QED) is 0.909. The van der Waals surface area contributed by atoms with Crippen LogP contribution in [0.2, 0.25) is 0 Å². The van der Waals surface area contributed by atoms with Crippen LogP contribution in [0.25, 0.3) is 10.2 Å². The third-order valence-corrected chi connectivity index (χ3v) is 4.43. The number of benzene rings is 1. The molecule has 1 atom stereocenters. The highest BCUT2D eigenvalue weighted by atomic mass is 35.5. The van der Waals surface area contributed by atoms with Crippen LogP contribution in [-0.4, -0.2) is 31.1 Å². The molecule has 0 saturated carbocycles. The Morgan fingerprint density at radius 2 is 2.38 bits per heavy atom. The van der Waals surface area contributed by atoms with Gasteiger partial charge in [-0.25, -0.2) is 4.98 Å². The van der Waals surface area contributed by atoms with E-state index in [0.29, 0.717) is 5.13 Å². The highest BCUT2D eigenvalue weighted by Gasteiger charge is 2.21. The van der Waals surface area contributed by atoms with Crippen molar-refractivity contribution in [3.63, 3.8) is 0 Å². The summed E-state index contributed by atoms with van der Waals surface area (Å²) in [5.74, 6) is 0.907. The monoisotopic (exact) mass is 327 g/mol. The zero-order chi connectivity index (χ0) is 13.9. The summed E-state index contributed by atoms with van der Waals surface area (Å²) < 4.78 is 6.21. The number of thiazole rings is 1. The van der Waals surface area contributed by atoms with E-state index in [1.54, 1.807) is 7.11 Å². The van der Waals surface area contributed by atoms with Crippen molar-refractivity contribution in [2.75, 3.05) is 25.5 Å². The van der Waals surface area contributed by atoms with Crippen molar-refractivity contribution in [1.29, 1.82) is 0 Å². The lowest BCUT2D eigenvalue weighted by Gasteiger charge is -2.21. The van der Waals surface area contributed by atoms with Crippen molar-refractivity contribution < 1.29 is 9.53 Å². The summed E-state index contributed by atoms with van der Waals surface area (Å²) in [5.41, 5.74) is 0.882. The molecule has 1 unspecified atom stereocenters. The molecule has 3 rings (SSSR count). The van der Waals surface area contributed by atoms with Crippen LogP contribution in [0, 0.1) is 5.92 Å². The summed E-state index contributed by atoms with van der Waals surface area (Å²) in [6.07, 6.45) is 1.99. The van der Waals surface area contributed by atoms with Crippen LogP contribution in [0.15, 0.2) is 18.2 Å². The van der Waals surface area contributed by atoms with E-state index in [1.807, 2.05) is 18.2 Å². The molecule has 0 aliphatic carbocycles. The lowest BCUT2D eigenvalue weighted by atomic mass is 9.99. The molecule has 0 radical (unpaired) electrons. The molecule has 2 aromatic rings. The first-order valence-electron chi connectivity index (χ1n) is 6.72. The zero-order valence-electron chi connectivity index (χ0n) is 11.7. The summed E-state index contributed by atoms with van der Waals surface area (Å²) in [5, 5.41) is 6.83. The number of ether oxygens (including phenoxy) is 1. The highest BCUT2D eigenvalue weighted by molar-refractivity contribution is 7.22. The van der Waals surface area contributed by atoms with Gasteiger partial charge in [-0.05, 0) is 37.6 Å². The van der Waals surface area contributed by atoms with Gasteiger partial charge >= 0.3 is 0 Å². The van der Waals surface area contributed by atoms with E-state index in [1.165, 1.54) is 11.3 Å². The van der Waals surface area contributed by atoms with Crippen molar-refractivity contribution in [1.82, 2.24) is 10.3 Å². The Balaban J connectivity index is 0.00000161. The van der Waals surface area contributed by atoms with Gasteiger partial charge in [0.25, 0.3) is 0 Å². The summed E-state index contributed by atoms with van der Waals surface area (Å²) in [7, 11) is 1.64. The third kappa shape index (κ3) is 3.64. The molecule has 0 bridgehead atoms. The van der Waals surface area contributed by atoms with Gasteiger partial charge < -0.3 is 15.4 Å². The van der Waals surface area contributed by atoms with Gasteiger partial charge in [0.15, 0.2) is 5.13 Å². The molecule has 1 aliphatic rings. The standard InChI is InChI=1S/C14H17N3O2S.ClH/c1-19-10-4-5-11-12(7-10)20-14(16-11)17-13(18)9-3-2-6-15-8-9;/h4-5,7,9,15H,2-3,6,8H2,1H3,(H,16,17,18);1H. The number of hydrogen-bond donors (Lipinski definition) is 2. The number of aromatic nitrogens is 1. The molecule has 2 heterocycles. The van der Waals surface area contributed by atoms with Crippen molar-refractivity contribution in [2.45, 2.75) is 12.8 Å². The Hall–Kier alpha value is -1.37. The van der Waals surface area contributed by atoms with Gasteiger partial charge in [-0.15, -0.1) is 12.4 Å². The van der Waals surface area contributed by atoms with E-state index < -0.39 is 0 Å². The number of hydrogen-bond acceptors (Lipinski definition) is 5. The second-order valence-corrected chi connectivity index (χ2v) is 5.92. The third-order valence-electron chi connectivity index (χ3n) is 3.49. The molecule has 1 aromatic carbocycles. The number of amides is 1. The van der Waals surface area contributed by atoms with Crippen molar-refractivity contribution in [3.05, 3.63) is 18.2 Å². The topological polar surface area (TPSA) is 63.2 Å². The van der Waals surface area contributed by atoms with Crippen molar-refractivity contribution >= 4 is 45.0 Å². The molecule has 2 N–H and O–H groups in total. The number of anilines is 1. The maximum absolute atomic E-state index is 12.2. The normalized spacial score (nSPS) is 18.0. The van der Waals surface area contributed by atoms with E-state index >= 15 is 0 Å². The Kier molecular flexibility index (Phi) is 5.39. The molecule has 114 valence electrons. The van der Waals surface area contributed by atoms with E-state index in [2.05, 4.69) is 15.6 Å². The lowest BCUT2D eigenvalue weighted by Crippen LogP contribution is -2.37. The van der Waals surface area contributed by atoms with Crippen LogP contribution in [0.3, 0.4) is 0 Å². The van der Waals surface area contributed by atoms with Gasteiger partial charge in [-0.1, -0.05) is 11.3 Å². The summed E-state index contributed by atoms with van der Waals surface area (Å²) in [4.78, 5) is 16.6. The van der Waals surface area contributed by atoms with Crippen LogP contribution >= 0.6 is 23.7 Å². The Morgan fingerprint density at radius 3 is 3.10 bits per heavy atom.